The topological polar surface area (TPSA) is 49.3 Å². The van der Waals surface area contributed by atoms with Crippen molar-refractivity contribution < 1.29 is 9.90 Å². The molecule has 0 bridgehead atoms. The quantitative estimate of drug-likeness (QED) is 0.770. The summed E-state index contributed by atoms with van der Waals surface area (Å²) in [5.41, 5.74) is 0.545. The average molecular weight is 382 g/mol. The highest BCUT2D eigenvalue weighted by atomic mass is 127. The first kappa shape index (κ1) is 15.7. The number of hydrogen-bond acceptors (Lipinski definition) is 2. The SMILES string of the molecule is CC(C)C(CCO)NC(=O)c1ccc(I)c(Cl)c1. The molecule has 1 rings (SSSR count). The minimum Gasteiger partial charge on any atom is -0.396 e. The number of carbonyl (C=O) groups is 1. The third-order valence-corrected chi connectivity index (χ3v) is 4.32. The van der Waals surface area contributed by atoms with Crippen molar-refractivity contribution in [1.29, 1.82) is 0 Å². The Morgan fingerprint density at radius 3 is 2.67 bits per heavy atom. The van der Waals surface area contributed by atoms with Gasteiger partial charge >= 0.3 is 0 Å². The Morgan fingerprint density at radius 1 is 1.50 bits per heavy atom. The second-order valence-electron chi connectivity index (χ2n) is 4.47. The van der Waals surface area contributed by atoms with Crippen molar-refractivity contribution in [3.63, 3.8) is 0 Å². The van der Waals surface area contributed by atoms with E-state index >= 15 is 0 Å². The molecule has 0 radical (unpaired) electrons. The summed E-state index contributed by atoms with van der Waals surface area (Å²) in [6.07, 6.45) is 0.557. The van der Waals surface area contributed by atoms with Crippen LogP contribution in [-0.4, -0.2) is 23.7 Å². The molecule has 0 spiro atoms. The van der Waals surface area contributed by atoms with Crippen LogP contribution in [-0.2, 0) is 0 Å². The predicted octanol–water partition coefficient (Wildman–Crippen LogP) is 3.08. The molecular weight excluding hydrogens is 365 g/mol. The maximum atomic E-state index is 12.0. The number of benzene rings is 1. The maximum absolute atomic E-state index is 12.0. The fourth-order valence-electron chi connectivity index (χ4n) is 1.60. The van der Waals surface area contributed by atoms with Crippen LogP contribution in [0.1, 0.15) is 30.6 Å². The van der Waals surface area contributed by atoms with Crippen LogP contribution in [0.25, 0.3) is 0 Å². The molecule has 0 aliphatic heterocycles. The van der Waals surface area contributed by atoms with Gasteiger partial charge in [-0.15, -0.1) is 0 Å². The van der Waals surface area contributed by atoms with Gasteiger partial charge in [-0.2, -0.15) is 0 Å². The number of nitrogens with one attached hydrogen (secondary N) is 1. The smallest absolute Gasteiger partial charge is 0.251 e. The molecule has 1 aromatic carbocycles. The standard InChI is InChI=1S/C13H17ClINO2/c1-8(2)12(5-6-17)16-13(18)9-3-4-11(15)10(14)7-9/h3-4,7-8,12,17H,5-6H2,1-2H3,(H,16,18). The molecular formula is C13H17ClINO2. The van der Waals surface area contributed by atoms with E-state index in [-0.39, 0.29) is 24.5 Å². The molecule has 5 heteroatoms. The van der Waals surface area contributed by atoms with Gasteiger partial charge < -0.3 is 10.4 Å². The lowest BCUT2D eigenvalue weighted by atomic mass is 10.0. The van der Waals surface area contributed by atoms with Crippen molar-refractivity contribution in [2.75, 3.05) is 6.61 Å². The van der Waals surface area contributed by atoms with Crippen LogP contribution in [0.5, 0.6) is 0 Å². The molecule has 1 atom stereocenters. The summed E-state index contributed by atoms with van der Waals surface area (Å²) in [7, 11) is 0. The number of halogens is 2. The Bertz CT molecular complexity index is 423. The molecule has 0 aliphatic carbocycles. The lowest BCUT2D eigenvalue weighted by molar-refractivity contribution is 0.0916. The fourth-order valence-corrected chi connectivity index (χ4v) is 2.12. The highest BCUT2D eigenvalue weighted by Crippen LogP contribution is 2.19. The van der Waals surface area contributed by atoms with Crippen molar-refractivity contribution in [3.8, 4) is 0 Å². The van der Waals surface area contributed by atoms with E-state index in [1.165, 1.54) is 0 Å². The van der Waals surface area contributed by atoms with Gasteiger partial charge in [-0.3, -0.25) is 4.79 Å². The number of aliphatic hydroxyl groups excluding tert-OH is 1. The first-order valence-corrected chi connectivity index (χ1v) is 7.28. The summed E-state index contributed by atoms with van der Waals surface area (Å²) in [6.45, 7) is 4.10. The number of amides is 1. The Kier molecular flexibility index (Phi) is 6.38. The van der Waals surface area contributed by atoms with Crippen LogP contribution < -0.4 is 5.32 Å². The van der Waals surface area contributed by atoms with E-state index in [1.807, 2.05) is 19.9 Å². The lowest BCUT2D eigenvalue weighted by Gasteiger charge is -2.21. The molecule has 0 heterocycles. The molecule has 2 N–H and O–H groups in total. The zero-order valence-electron chi connectivity index (χ0n) is 10.4. The molecule has 1 unspecified atom stereocenters. The van der Waals surface area contributed by atoms with E-state index in [0.29, 0.717) is 17.0 Å². The fraction of sp³-hybridized carbons (Fsp3) is 0.462. The number of aliphatic hydroxyl groups is 1. The number of rotatable bonds is 5. The minimum atomic E-state index is -0.152. The van der Waals surface area contributed by atoms with Crippen molar-refractivity contribution >= 4 is 40.1 Å². The molecule has 18 heavy (non-hydrogen) atoms. The molecule has 100 valence electrons. The maximum Gasteiger partial charge on any atom is 0.251 e. The van der Waals surface area contributed by atoms with Gasteiger partial charge in [0, 0.05) is 21.8 Å². The molecule has 0 saturated heterocycles. The van der Waals surface area contributed by atoms with E-state index in [4.69, 9.17) is 16.7 Å². The third-order valence-electron chi connectivity index (χ3n) is 2.74. The van der Waals surface area contributed by atoms with Gasteiger partial charge in [-0.05, 0) is 53.1 Å². The Labute approximate surface area is 126 Å². The predicted molar refractivity (Wildman–Crippen MR) is 82.0 cm³/mol. The second-order valence-corrected chi connectivity index (χ2v) is 6.03. The number of carbonyl (C=O) groups excluding carboxylic acids is 1. The average Bonchev–Trinajstić information content (AvgIpc) is 2.31. The summed E-state index contributed by atoms with van der Waals surface area (Å²) < 4.78 is 0.918. The minimum absolute atomic E-state index is 0.0273. The van der Waals surface area contributed by atoms with E-state index < -0.39 is 0 Å². The molecule has 0 aromatic heterocycles. The van der Waals surface area contributed by atoms with Crippen LogP contribution in [0.3, 0.4) is 0 Å². The van der Waals surface area contributed by atoms with Crippen molar-refractivity contribution in [2.24, 2.45) is 5.92 Å². The van der Waals surface area contributed by atoms with Gasteiger partial charge in [-0.25, -0.2) is 0 Å². The van der Waals surface area contributed by atoms with Gasteiger partial charge in [0.25, 0.3) is 5.91 Å². The zero-order valence-corrected chi connectivity index (χ0v) is 13.3. The van der Waals surface area contributed by atoms with Gasteiger partial charge in [0.15, 0.2) is 0 Å². The highest BCUT2D eigenvalue weighted by Gasteiger charge is 2.17. The van der Waals surface area contributed by atoms with Crippen molar-refractivity contribution in [2.45, 2.75) is 26.3 Å². The van der Waals surface area contributed by atoms with E-state index in [0.717, 1.165) is 3.57 Å². The molecule has 0 fully saturated rings. The van der Waals surface area contributed by atoms with E-state index in [9.17, 15) is 4.79 Å². The summed E-state index contributed by atoms with van der Waals surface area (Å²) in [5, 5.41) is 12.5. The van der Waals surface area contributed by atoms with Gasteiger partial charge in [-0.1, -0.05) is 25.4 Å². The summed E-state index contributed by atoms with van der Waals surface area (Å²) in [5.74, 6) is 0.126. The summed E-state index contributed by atoms with van der Waals surface area (Å²) >= 11 is 8.11. The molecule has 3 nitrogen and oxygen atoms in total. The Balaban J connectivity index is 2.77. The van der Waals surface area contributed by atoms with Crippen molar-refractivity contribution in [1.82, 2.24) is 5.32 Å². The molecule has 1 aromatic rings. The zero-order chi connectivity index (χ0) is 13.7. The van der Waals surface area contributed by atoms with Gasteiger partial charge in [0.2, 0.25) is 0 Å². The molecule has 1 amide bonds. The first-order chi connectivity index (χ1) is 8.45. The van der Waals surface area contributed by atoms with Gasteiger partial charge in [0.1, 0.15) is 0 Å². The summed E-state index contributed by atoms with van der Waals surface area (Å²) in [4.78, 5) is 12.0. The molecule has 0 aliphatic rings. The van der Waals surface area contributed by atoms with Crippen LogP contribution in [0.4, 0.5) is 0 Å². The molecule has 0 saturated carbocycles. The lowest BCUT2D eigenvalue weighted by Crippen LogP contribution is -2.39. The van der Waals surface area contributed by atoms with Crippen LogP contribution in [0, 0.1) is 9.49 Å². The Hall–Kier alpha value is -0.330. The first-order valence-electron chi connectivity index (χ1n) is 5.82. The van der Waals surface area contributed by atoms with Crippen LogP contribution in [0.15, 0.2) is 18.2 Å². The van der Waals surface area contributed by atoms with Crippen molar-refractivity contribution in [3.05, 3.63) is 32.4 Å². The van der Waals surface area contributed by atoms with Crippen LogP contribution in [0.2, 0.25) is 5.02 Å². The monoisotopic (exact) mass is 381 g/mol. The van der Waals surface area contributed by atoms with Gasteiger partial charge in [0.05, 0.1) is 5.02 Å². The Morgan fingerprint density at radius 2 is 2.17 bits per heavy atom. The normalized spacial score (nSPS) is 12.6. The third kappa shape index (κ3) is 4.40. The highest BCUT2D eigenvalue weighted by molar-refractivity contribution is 14.1. The summed E-state index contributed by atoms with van der Waals surface area (Å²) in [6, 6.07) is 5.20. The van der Waals surface area contributed by atoms with Crippen LogP contribution >= 0.6 is 34.2 Å². The van der Waals surface area contributed by atoms with E-state index in [2.05, 4.69) is 27.9 Å². The van der Waals surface area contributed by atoms with E-state index in [1.54, 1.807) is 12.1 Å². The number of hydrogen-bond donors (Lipinski definition) is 2. The largest absolute Gasteiger partial charge is 0.396 e. The second kappa shape index (κ2) is 7.31.